The van der Waals surface area contributed by atoms with Crippen molar-refractivity contribution in [2.24, 2.45) is 5.10 Å². The summed E-state index contributed by atoms with van der Waals surface area (Å²) in [5.41, 5.74) is 5.69. The van der Waals surface area contributed by atoms with Gasteiger partial charge in [-0.3, -0.25) is 5.43 Å². The minimum atomic E-state index is -0.737. The number of carbonyl (C=O) groups is 1. The third kappa shape index (κ3) is 5.32. The number of nitrogens with one attached hydrogen (secondary N) is 1. The van der Waals surface area contributed by atoms with Crippen LogP contribution < -0.4 is 14.9 Å². The molecule has 29 heavy (non-hydrogen) atoms. The molecule has 0 bridgehead atoms. The van der Waals surface area contributed by atoms with Crippen molar-refractivity contribution in [3.8, 4) is 22.8 Å². The zero-order chi connectivity index (χ0) is 20.6. The summed E-state index contributed by atoms with van der Waals surface area (Å²) in [7, 11) is 2.85. The van der Waals surface area contributed by atoms with Crippen LogP contribution in [0.5, 0.6) is 11.5 Å². The van der Waals surface area contributed by atoms with Gasteiger partial charge in [-0.1, -0.05) is 30.3 Å². The molecule has 1 N–H and O–H groups in total. The number of ether oxygens (including phenoxy) is 3. The molecule has 3 aromatic rings. The van der Waals surface area contributed by atoms with Gasteiger partial charge in [0.25, 0.3) is 0 Å². The van der Waals surface area contributed by atoms with E-state index in [1.165, 1.54) is 25.6 Å². The van der Waals surface area contributed by atoms with Crippen molar-refractivity contribution in [3.05, 3.63) is 59.5 Å². The minimum absolute atomic E-state index is 0.447. The van der Waals surface area contributed by atoms with Crippen LogP contribution >= 0.6 is 11.3 Å². The second-order valence-electron chi connectivity index (χ2n) is 5.97. The van der Waals surface area contributed by atoms with Crippen LogP contribution in [0.2, 0.25) is 0 Å². The molecular weight excluding hydrogens is 390 g/mol. The molecule has 0 aliphatic rings. The van der Waals surface area contributed by atoms with Crippen LogP contribution in [-0.2, 0) is 9.53 Å². The first-order valence-corrected chi connectivity index (χ1v) is 9.71. The number of esters is 1. The second kappa shape index (κ2) is 9.70. The Morgan fingerprint density at radius 1 is 1.17 bits per heavy atom. The predicted octanol–water partition coefficient (Wildman–Crippen LogP) is 4.21. The molecule has 0 amide bonds. The number of nitrogens with zero attached hydrogens (tertiary/aromatic N) is 2. The molecule has 7 nitrogen and oxygen atoms in total. The maximum atomic E-state index is 11.5. The zero-order valence-corrected chi connectivity index (χ0v) is 17.1. The van der Waals surface area contributed by atoms with Crippen molar-refractivity contribution in [1.29, 1.82) is 0 Å². The van der Waals surface area contributed by atoms with E-state index in [1.807, 2.05) is 41.8 Å². The molecule has 0 radical (unpaired) electrons. The lowest BCUT2D eigenvalue weighted by molar-refractivity contribution is -0.147. The lowest BCUT2D eigenvalue weighted by atomic mass is 10.2. The Bertz CT molecular complexity index is 989. The Hall–Kier alpha value is -3.39. The van der Waals surface area contributed by atoms with Crippen LogP contribution in [0.25, 0.3) is 11.3 Å². The molecule has 0 saturated carbocycles. The number of benzene rings is 2. The van der Waals surface area contributed by atoms with Gasteiger partial charge in [-0.15, -0.1) is 11.3 Å². The molecule has 1 unspecified atom stereocenters. The number of thiazole rings is 1. The molecule has 2 aromatic carbocycles. The Morgan fingerprint density at radius 3 is 2.69 bits per heavy atom. The fourth-order valence-electron chi connectivity index (χ4n) is 2.49. The van der Waals surface area contributed by atoms with Gasteiger partial charge in [0.05, 0.1) is 26.1 Å². The van der Waals surface area contributed by atoms with Gasteiger partial charge in [0.15, 0.2) is 17.6 Å². The van der Waals surface area contributed by atoms with Gasteiger partial charge in [-0.2, -0.15) is 5.10 Å². The van der Waals surface area contributed by atoms with E-state index < -0.39 is 12.1 Å². The van der Waals surface area contributed by atoms with Gasteiger partial charge in [-0.25, -0.2) is 9.78 Å². The van der Waals surface area contributed by atoms with Crippen LogP contribution in [-0.4, -0.2) is 37.5 Å². The molecule has 0 fully saturated rings. The first-order chi connectivity index (χ1) is 14.1. The minimum Gasteiger partial charge on any atom is -0.493 e. The fraction of sp³-hybridized carbons (Fsp3) is 0.190. The summed E-state index contributed by atoms with van der Waals surface area (Å²) >= 11 is 1.48. The molecule has 150 valence electrons. The summed E-state index contributed by atoms with van der Waals surface area (Å²) < 4.78 is 15.6. The number of aromatic nitrogens is 1. The normalized spacial score (nSPS) is 11.8. The number of carbonyl (C=O) groups excluding carboxylic acids is 1. The monoisotopic (exact) mass is 411 g/mol. The molecular formula is C21H21N3O4S. The number of rotatable bonds is 8. The average molecular weight is 411 g/mol. The molecule has 1 aromatic heterocycles. The standard InChI is InChI=1S/C21H21N3O4S/c1-14(20(25)27-3)28-18-10-9-15(11-19(18)26-2)12-22-24-21-23-17(13-29-21)16-7-5-4-6-8-16/h4-14H,1-3H3,(H,23,24). The molecule has 8 heteroatoms. The fourth-order valence-corrected chi connectivity index (χ4v) is 3.16. The maximum Gasteiger partial charge on any atom is 0.346 e. The molecule has 0 spiro atoms. The third-order valence-corrected chi connectivity index (χ3v) is 4.72. The second-order valence-corrected chi connectivity index (χ2v) is 6.83. The van der Waals surface area contributed by atoms with E-state index in [4.69, 9.17) is 9.47 Å². The van der Waals surface area contributed by atoms with Gasteiger partial charge < -0.3 is 14.2 Å². The Kier molecular flexibility index (Phi) is 6.80. The number of hydrogen-bond acceptors (Lipinski definition) is 8. The summed E-state index contributed by atoms with van der Waals surface area (Å²) in [5, 5.41) is 6.90. The third-order valence-electron chi connectivity index (χ3n) is 3.97. The van der Waals surface area contributed by atoms with E-state index in [0.717, 1.165) is 16.8 Å². The molecule has 0 aliphatic carbocycles. The SMILES string of the molecule is COC(=O)C(C)Oc1ccc(C=NNc2nc(-c3ccccc3)cs2)cc1OC. The number of methoxy groups -OCH3 is 2. The largest absolute Gasteiger partial charge is 0.493 e. The smallest absolute Gasteiger partial charge is 0.346 e. The van der Waals surface area contributed by atoms with E-state index in [2.05, 4.69) is 20.2 Å². The van der Waals surface area contributed by atoms with E-state index in [1.54, 1.807) is 25.3 Å². The van der Waals surface area contributed by atoms with Crippen LogP contribution in [0.3, 0.4) is 0 Å². The van der Waals surface area contributed by atoms with Crippen LogP contribution in [0.1, 0.15) is 12.5 Å². The van der Waals surface area contributed by atoms with Crippen molar-refractivity contribution in [1.82, 2.24) is 4.98 Å². The van der Waals surface area contributed by atoms with Gasteiger partial charge >= 0.3 is 5.97 Å². The highest BCUT2D eigenvalue weighted by Crippen LogP contribution is 2.29. The predicted molar refractivity (Wildman–Crippen MR) is 114 cm³/mol. The van der Waals surface area contributed by atoms with Gasteiger partial charge in [-0.05, 0) is 30.7 Å². The van der Waals surface area contributed by atoms with Crippen molar-refractivity contribution < 1.29 is 19.0 Å². The summed E-state index contributed by atoms with van der Waals surface area (Å²) in [6.45, 7) is 1.61. The van der Waals surface area contributed by atoms with E-state index >= 15 is 0 Å². The summed E-state index contributed by atoms with van der Waals surface area (Å²) in [6.07, 6.45) is 0.915. The number of hydrazone groups is 1. The summed E-state index contributed by atoms with van der Waals surface area (Å²) in [5.74, 6) is 0.480. The summed E-state index contributed by atoms with van der Waals surface area (Å²) in [6, 6.07) is 15.2. The van der Waals surface area contributed by atoms with Crippen LogP contribution in [0, 0.1) is 0 Å². The first kappa shape index (κ1) is 20.3. The Morgan fingerprint density at radius 2 is 1.97 bits per heavy atom. The molecule has 0 aliphatic heterocycles. The zero-order valence-electron chi connectivity index (χ0n) is 16.3. The van der Waals surface area contributed by atoms with E-state index in [9.17, 15) is 4.79 Å². The van der Waals surface area contributed by atoms with Crippen LogP contribution in [0.15, 0.2) is 59.0 Å². The highest BCUT2D eigenvalue weighted by atomic mass is 32.1. The molecule has 1 heterocycles. The van der Waals surface area contributed by atoms with Gasteiger partial charge in [0.2, 0.25) is 5.13 Å². The Labute approximate surface area is 173 Å². The maximum absolute atomic E-state index is 11.5. The molecule has 1 atom stereocenters. The van der Waals surface area contributed by atoms with Crippen molar-refractivity contribution >= 4 is 28.7 Å². The summed E-state index contributed by atoms with van der Waals surface area (Å²) in [4.78, 5) is 16.1. The highest BCUT2D eigenvalue weighted by molar-refractivity contribution is 7.14. The molecule has 0 saturated heterocycles. The van der Waals surface area contributed by atoms with E-state index in [0.29, 0.717) is 16.6 Å². The van der Waals surface area contributed by atoms with Crippen molar-refractivity contribution in [3.63, 3.8) is 0 Å². The molecule has 3 rings (SSSR count). The first-order valence-electron chi connectivity index (χ1n) is 8.83. The average Bonchev–Trinajstić information content (AvgIpc) is 3.23. The Balaban J connectivity index is 1.65. The van der Waals surface area contributed by atoms with Crippen molar-refractivity contribution in [2.75, 3.05) is 19.6 Å². The quantitative estimate of drug-likeness (QED) is 0.340. The highest BCUT2D eigenvalue weighted by Gasteiger charge is 2.17. The van der Waals surface area contributed by atoms with Crippen LogP contribution in [0.4, 0.5) is 5.13 Å². The van der Waals surface area contributed by atoms with E-state index in [-0.39, 0.29) is 0 Å². The topological polar surface area (TPSA) is 82.0 Å². The number of hydrogen-bond donors (Lipinski definition) is 1. The van der Waals surface area contributed by atoms with Gasteiger partial charge in [0, 0.05) is 10.9 Å². The number of anilines is 1. The van der Waals surface area contributed by atoms with Crippen molar-refractivity contribution in [2.45, 2.75) is 13.0 Å². The van der Waals surface area contributed by atoms with Gasteiger partial charge in [0.1, 0.15) is 0 Å². The lowest BCUT2D eigenvalue weighted by Gasteiger charge is -2.15. The lowest BCUT2D eigenvalue weighted by Crippen LogP contribution is -2.25.